The molecule has 20 heavy (non-hydrogen) atoms. The Morgan fingerprint density at radius 1 is 1.35 bits per heavy atom. The molecule has 6 heteroatoms. The molecule has 108 valence electrons. The first kappa shape index (κ1) is 14.3. The minimum atomic E-state index is -0.644. The van der Waals surface area contributed by atoms with E-state index in [0.717, 1.165) is 18.9 Å². The van der Waals surface area contributed by atoms with Gasteiger partial charge in [0.15, 0.2) is 0 Å². The quantitative estimate of drug-likeness (QED) is 0.540. The maximum absolute atomic E-state index is 13.5. The molecule has 1 aromatic carbocycles. The molecule has 0 unspecified atom stereocenters. The molecule has 2 amide bonds. The third kappa shape index (κ3) is 4.22. The summed E-state index contributed by atoms with van der Waals surface area (Å²) < 4.78 is 13.5. The maximum atomic E-state index is 13.5. The topological polar surface area (TPSA) is 84.2 Å². The highest BCUT2D eigenvalue weighted by Gasteiger charge is 2.22. The van der Waals surface area contributed by atoms with E-state index in [2.05, 4.69) is 10.6 Å². The van der Waals surface area contributed by atoms with Crippen LogP contribution in [0.15, 0.2) is 18.2 Å². The minimum absolute atomic E-state index is 0.000384. The van der Waals surface area contributed by atoms with Crippen molar-refractivity contribution < 1.29 is 14.0 Å². The van der Waals surface area contributed by atoms with E-state index < -0.39 is 11.7 Å². The summed E-state index contributed by atoms with van der Waals surface area (Å²) in [6.45, 7) is 0.334. The molecular formula is C14H18FN3O2. The van der Waals surface area contributed by atoms with E-state index in [9.17, 15) is 14.0 Å². The number of carbonyl (C=O) groups excluding carboxylic acids is 2. The van der Waals surface area contributed by atoms with Gasteiger partial charge in [0.05, 0.1) is 5.56 Å². The Hall–Kier alpha value is -2.11. The number of halogens is 1. The van der Waals surface area contributed by atoms with Crippen molar-refractivity contribution in [1.82, 2.24) is 10.6 Å². The first-order valence-electron chi connectivity index (χ1n) is 6.69. The lowest BCUT2D eigenvalue weighted by Crippen LogP contribution is -2.28. The van der Waals surface area contributed by atoms with Crippen LogP contribution in [0.25, 0.3) is 0 Å². The number of rotatable bonds is 6. The zero-order valence-electron chi connectivity index (χ0n) is 11.1. The summed E-state index contributed by atoms with van der Waals surface area (Å²) >= 11 is 0. The van der Waals surface area contributed by atoms with Crippen LogP contribution < -0.4 is 16.4 Å². The average Bonchev–Trinajstić information content (AvgIpc) is 3.18. The van der Waals surface area contributed by atoms with E-state index in [1.807, 2.05) is 0 Å². The summed E-state index contributed by atoms with van der Waals surface area (Å²) in [5.74, 6) is -1.14. The molecule has 5 nitrogen and oxygen atoms in total. The van der Waals surface area contributed by atoms with Crippen molar-refractivity contribution >= 4 is 17.5 Å². The molecule has 1 aliphatic carbocycles. The Morgan fingerprint density at radius 3 is 2.75 bits per heavy atom. The molecule has 0 heterocycles. The molecule has 1 saturated carbocycles. The fourth-order valence-corrected chi connectivity index (χ4v) is 1.79. The zero-order chi connectivity index (χ0) is 14.5. The molecule has 2 rings (SSSR count). The molecule has 0 atom stereocenters. The Labute approximate surface area is 116 Å². The average molecular weight is 279 g/mol. The number of amides is 2. The standard InChI is InChI=1S/C14H18FN3O2/c15-12-8-9(16)3-6-11(12)14(20)17-7-1-2-13(19)18-10-4-5-10/h3,6,8,10H,1-2,4-5,7,16H2,(H,17,20)(H,18,19). The number of nitrogens with two attached hydrogens (primary N) is 1. The summed E-state index contributed by atoms with van der Waals surface area (Å²) in [7, 11) is 0. The van der Waals surface area contributed by atoms with Crippen LogP contribution in [0.2, 0.25) is 0 Å². The third-order valence-corrected chi connectivity index (χ3v) is 3.05. The number of anilines is 1. The van der Waals surface area contributed by atoms with Crippen molar-refractivity contribution in [2.75, 3.05) is 12.3 Å². The van der Waals surface area contributed by atoms with E-state index in [1.165, 1.54) is 12.1 Å². The van der Waals surface area contributed by atoms with E-state index in [4.69, 9.17) is 5.73 Å². The zero-order valence-corrected chi connectivity index (χ0v) is 11.1. The number of carbonyl (C=O) groups is 2. The second-order valence-corrected chi connectivity index (χ2v) is 4.94. The first-order chi connectivity index (χ1) is 9.56. The van der Waals surface area contributed by atoms with Crippen LogP contribution >= 0.6 is 0 Å². The number of hydrogen-bond donors (Lipinski definition) is 3. The van der Waals surface area contributed by atoms with Crippen molar-refractivity contribution in [3.8, 4) is 0 Å². The molecule has 0 aliphatic heterocycles. The van der Waals surface area contributed by atoms with Gasteiger partial charge >= 0.3 is 0 Å². The number of hydrogen-bond acceptors (Lipinski definition) is 3. The van der Waals surface area contributed by atoms with E-state index in [-0.39, 0.29) is 17.2 Å². The number of benzene rings is 1. The van der Waals surface area contributed by atoms with Gasteiger partial charge in [-0.25, -0.2) is 4.39 Å². The van der Waals surface area contributed by atoms with Crippen LogP contribution in [0.4, 0.5) is 10.1 Å². The van der Waals surface area contributed by atoms with Gasteiger partial charge in [-0.2, -0.15) is 0 Å². The Balaban J connectivity index is 1.70. The van der Waals surface area contributed by atoms with Gasteiger partial charge in [-0.15, -0.1) is 0 Å². The van der Waals surface area contributed by atoms with Gasteiger partial charge in [-0.1, -0.05) is 0 Å². The Morgan fingerprint density at radius 2 is 2.10 bits per heavy atom. The lowest BCUT2D eigenvalue weighted by Gasteiger charge is -2.07. The van der Waals surface area contributed by atoms with Crippen LogP contribution in [-0.4, -0.2) is 24.4 Å². The van der Waals surface area contributed by atoms with Gasteiger partial charge in [0.25, 0.3) is 5.91 Å². The van der Waals surface area contributed by atoms with Crippen LogP contribution in [0.1, 0.15) is 36.0 Å². The van der Waals surface area contributed by atoms with Gasteiger partial charge in [0.2, 0.25) is 5.91 Å². The fourth-order valence-electron chi connectivity index (χ4n) is 1.79. The van der Waals surface area contributed by atoms with Gasteiger partial charge in [0, 0.05) is 24.7 Å². The number of nitrogens with one attached hydrogen (secondary N) is 2. The van der Waals surface area contributed by atoms with Gasteiger partial charge < -0.3 is 16.4 Å². The van der Waals surface area contributed by atoms with Crippen molar-refractivity contribution in [3.63, 3.8) is 0 Å². The van der Waals surface area contributed by atoms with Crippen LogP contribution in [0.5, 0.6) is 0 Å². The SMILES string of the molecule is Nc1ccc(C(=O)NCCCC(=O)NC2CC2)c(F)c1. The first-order valence-corrected chi connectivity index (χ1v) is 6.69. The minimum Gasteiger partial charge on any atom is -0.399 e. The molecule has 1 fully saturated rings. The second-order valence-electron chi connectivity index (χ2n) is 4.94. The van der Waals surface area contributed by atoms with Crippen molar-refractivity contribution in [2.24, 2.45) is 0 Å². The summed E-state index contributed by atoms with van der Waals surface area (Å²) in [4.78, 5) is 23.1. The molecule has 4 N–H and O–H groups in total. The lowest BCUT2D eigenvalue weighted by molar-refractivity contribution is -0.121. The monoisotopic (exact) mass is 279 g/mol. The largest absolute Gasteiger partial charge is 0.399 e. The van der Waals surface area contributed by atoms with Crippen LogP contribution in [0.3, 0.4) is 0 Å². The predicted octanol–water partition coefficient (Wildman–Crippen LogP) is 1.20. The van der Waals surface area contributed by atoms with Crippen LogP contribution in [0, 0.1) is 5.82 Å². The lowest BCUT2D eigenvalue weighted by atomic mass is 10.1. The molecule has 0 saturated heterocycles. The Bertz CT molecular complexity index is 515. The molecule has 0 radical (unpaired) electrons. The summed E-state index contributed by atoms with van der Waals surface area (Å²) in [6.07, 6.45) is 3.00. The Kier molecular flexibility index (Phi) is 4.55. The normalized spacial score (nSPS) is 13.8. The molecule has 1 aromatic rings. The van der Waals surface area contributed by atoms with Gasteiger partial charge in [-0.05, 0) is 37.5 Å². The van der Waals surface area contributed by atoms with Gasteiger partial charge in [-0.3, -0.25) is 9.59 Å². The van der Waals surface area contributed by atoms with Crippen molar-refractivity contribution in [2.45, 2.75) is 31.7 Å². The third-order valence-electron chi connectivity index (χ3n) is 3.05. The molecular weight excluding hydrogens is 261 g/mol. The van der Waals surface area contributed by atoms with E-state index in [1.54, 1.807) is 0 Å². The second kappa shape index (κ2) is 6.36. The van der Waals surface area contributed by atoms with E-state index >= 15 is 0 Å². The van der Waals surface area contributed by atoms with Crippen molar-refractivity contribution in [3.05, 3.63) is 29.6 Å². The highest BCUT2D eigenvalue weighted by atomic mass is 19.1. The maximum Gasteiger partial charge on any atom is 0.254 e. The number of nitrogen functional groups attached to an aromatic ring is 1. The van der Waals surface area contributed by atoms with Gasteiger partial charge in [0.1, 0.15) is 5.82 Å². The van der Waals surface area contributed by atoms with E-state index in [0.29, 0.717) is 25.4 Å². The summed E-state index contributed by atoms with van der Waals surface area (Å²) in [5.41, 5.74) is 5.64. The molecule has 0 spiro atoms. The summed E-state index contributed by atoms with van der Waals surface area (Å²) in [6, 6.07) is 4.28. The fraction of sp³-hybridized carbons (Fsp3) is 0.429. The van der Waals surface area contributed by atoms with Crippen molar-refractivity contribution in [1.29, 1.82) is 0 Å². The summed E-state index contributed by atoms with van der Waals surface area (Å²) in [5, 5.41) is 5.45. The molecule has 0 bridgehead atoms. The molecule has 0 aromatic heterocycles. The highest BCUT2D eigenvalue weighted by molar-refractivity contribution is 5.94. The van der Waals surface area contributed by atoms with Crippen LogP contribution in [-0.2, 0) is 4.79 Å². The predicted molar refractivity (Wildman–Crippen MR) is 73.5 cm³/mol. The highest BCUT2D eigenvalue weighted by Crippen LogP contribution is 2.18. The smallest absolute Gasteiger partial charge is 0.254 e. The molecule has 1 aliphatic rings.